The highest BCUT2D eigenvalue weighted by molar-refractivity contribution is 6.62. The number of methoxy groups -OCH3 is 1. The van der Waals surface area contributed by atoms with E-state index in [0.29, 0.717) is 0 Å². The van der Waals surface area contributed by atoms with Crippen molar-refractivity contribution in [3.8, 4) is 17.1 Å². The average molecular weight is 364 g/mol. The number of benzene rings is 2. The van der Waals surface area contributed by atoms with Gasteiger partial charge in [-0.2, -0.15) is 0 Å². The van der Waals surface area contributed by atoms with Gasteiger partial charge in [0.05, 0.1) is 34.9 Å². The number of aromatic nitrogens is 2. The highest BCUT2D eigenvalue weighted by Gasteiger charge is 2.51. The Kier molecular flexibility index (Phi) is 4.09. The van der Waals surface area contributed by atoms with Crippen LogP contribution < -0.4 is 10.2 Å². The van der Waals surface area contributed by atoms with Crippen molar-refractivity contribution in [2.75, 3.05) is 7.11 Å². The summed E-state index contributed by atoms with van der Waals surface area (Å²) in [6.07, 6.45) is 0. The predicted octanol–water partition coefficient (Wildman–Crippen LogP) is 3.55. The van der Waals surface area contributed by atoms with Crippen LogP contribution in [0.2, 0.25) is 0 Å². The fourth-order valence-corrected chi connectivity index (χ4v) is 3.41. The molecule has 1 aliphatic rings. The summed E-state index contributed by atoms with van der Waals surface area (Å²) < 4.78 is 20.1. The largest absolute Gasteiger partial charge is 0.496 e. The van der Waals surface area contributed by atoms with E-state index in [1.165, 1.54) is 0 Å². The van der Waals surface area contributed by atoms with Crippen molar-refractivity contribution < 1.29 is 14.0 Å². The molecule has 2 heterocycles. The minimum absolute atomic E-state index is 0.379. The van der Waals surface area contributed by atoms with Crippen molar-refractivity contribution in [2.45, 2.75) is 38.9 Å². The lowest BCUT2D eigenvalue weighted by Gasteiger charge is -2.32. The van der Waals surface area contributed by atoms with Crippen molar-refractivity contribution in [2.24, 2.45) is 7.05 Å². The highest BCUT2D eigenvalue weighted by atomic mass is 16.7. The molecule has 0 spiro atoms. The maximum Gasteiger partial charge on any atom is 0.494 e. The zero-order chi connectivity index (χ0) is 19.4. The van der Waals surface area contributed by atoms with Gasteiger partial charge < -0.3 is 18.6 Å². The third kappa shape index (κ3) is 2.84. The van der Waals surface area contributed by atoms with E-state index in [0.717, 1.165) is 33.6 Å². The van der Waals surface area contributed by atoms with Crippen LogP contribution in [0.15, 0.2) is 42.5 Å². The Morgan fingerprint density at radius 1 is 1.00 bits per heavy atom. The fourth-order valence-electron chi connectivity index (χ4n) is 3.41. The first-order chi connectivity index (χ1) is 12.7. The smallest absolute Gasteiger partial charge is 0.494 e. The lowest BCUT2D eigenvalue weighted by atomic mass is 9.78. The number of imidazole rings is 1. The first kappa shape index (κ1) is 18.1. The van der Waals surface area contributed by atoms with Crippen LogP contribution in [0.5, 0.6) is 5.75 Å². The Hall–Kier alpha value is -2.31. The zero-order valence-corrected chi connectivity index (χ0v) is 16.7. The summed E-state index contributed by atoms with van der Waals surface area (Å²) in [5.74, 6) is 1.63. The molecule has 4 rings (SSSR count). The third-order valence-electron chi connectivity index (χ3n) is 5.78. The van der Waals surface area contributed by atoms with Gasteiger partial charge in [-0.1, -0.05) is 18.2 Å². The molecule has 1 aliphatic heterocycles. The van der Waals surface area contributed by atoms with Crippen molar-refractivity contribution >= 4 is 23.6 Å². The molecule has 3 aromatic rings. The second-order valence-corrected chi connectivity index (χ2v) is 8.03. The molecule has 6 heteroatoms. The van der Waals surface area contributed by atoms with Gasteiger partial charge in [0, 0.05) is 7.05 Å². The van der Waals surface area contributed by atoms with Crippen molar-refractivity contribution in [1.82, 2.24) is 9.55 Å². The second kappa shape index (κ2) is 6.11. The Labute approximate surface area is 160 Å². The molecular weight excluding hydrogens is 339 g/mol. The molecule has 0 aliphatic carbocycles. The van der Waals surface area contributed by atoms with Crippen LogP contribution in [-0.4, -0.2) is 35.0 Å². The zero-order valence-electron chi connectivity index (χ0n) is 16.7. The SMILES string of the molecule is COc1ccc(B2OC(C)(C)C(C)(C)O2)cc1-c1nc2ccccc2n1C. The first-order valence-corrected chi connectivity index (χ1v) is 9.19. The summed E-state index contributed by atoms with van der Waals surface area (Å²) in [5.41, 5.74) is 3.15. The Morgan fingerprint density at radius 2 is 1.67 bits per heavy atom. The Bertz CT molecular complexity index is 994. The van der Waals surface area contributed by atoms with Crippen LogP contribution in [0.25, 0.3) is 22.4 Å². The maximum atomic E-state index is 6.21. The van der Waals surface area contributed by atoms with E-state index in [1.54, 1.807) is 7.11 Å². The van der Waals surface area contributed by atoms with E-state index in [2.05, 4.69) is 44.4 Å². The second-order valence-electron chi connectivity index (χ2n) is 8.03. The van der Waals surface area contributed by atoms with Crippen molar-refractivity contribution in [1.29, 1.82) is 0 Å². The highest BCUT2D eigenvalue weighted by Crippen LogP contribution is 2.37. The summed E-state index contributed by atoms with van der Waals surface area (Å²) in [6.45, 7) is 8.23. The summed E-state index contributed by atoms with van der Waals surface area (Å²) in [6, 6.07) is 14.1. The molecule has 0 saturated carbocycles. The molecule has 1 saturated heterocycles. The topological polar surface area (TPSA) is 45.5 Å². The number of hydrogen-bond acceptors (Lipinski definition) is 4. The molecule has 0 bridgehead atoms. The Balaban J connectivity index is 1.82. The molecule has 5 nitrogen and oxygen atoms in total. The van der Waals surface area contributed by atoms with Crippen LogP contribution in [-0.2, 0) is 16.4 Å². The van der Waals surface area contributed by atoms with E-state index in [4.69, 9.17) is 19.0 Å². The minimum Gasteiger partial charge on any atom is -0.496 e. The molecule has 1 fully saturated rings. The van der Waals surface area contributed by atoms with E-state index in [-0.39, 0.29) is 11.2 Å². The van der Waals surface area contributed by atoms with Crippen LogP contribution >= 0.6 is 0 Å². The van der Waals surface area contributed by atoms with E-state index in [1.807, 2.05) is 37.4 Å². The predicted molar refractivity (Wildman–Crippen MR) is 108 cm³/mol. The van der Waals surface area contributed by atoms with Gasteiger partial charge in [0.1, 0.15) is 11.6 Å². The van der Waals surface area contributed by atoms with Gasteiger partial charge in [0.25, 0.3) is 0 Å². The molecule has 27 heavy (non-hydrogen) atoms. The van der Waals surface area contributed by atoms with Gasteiger partial charge in [0.15, 0.2) is 0 Å². The number of hydrogen-bond donors (Lipinski definition) is 0. The quantitative estimate of drug-likeness (QED) is 0.667. The molecule has 0 amide bonds. The van der Waals surface area contributed by atoms with Gasteiger partial charge in [-0.25, -0.2) is 4.98 Å². The van der Waals surface area contributed by atoms with Crippen LogP contribution in [0.3, 0.4) is 0 Å². The monoisotopic (exact) mass is 364 g/mol. The normalized spacial score (nSPS) is 18.2. The average Bonchev–Trinajstić information content (AvgIpc) is 3.08. The summed E-state index contributed by atoms with van der Waals surface area (Å²) in [7, 11) is 3.27. The molecule has 2 aromatic carbocycles. The molecular formula is C21H25BN2O3. The number of nitrogens with zero attached hydrogens (tertiary/aromatic N) is 2. The van der Waals surface area contributed by atoms with Crippen molar-refractivity contribution in [3.05, 3.63) is 42.5 Å². The van der Waals surface area contributed by atoms with Crippen LogP contribution in [0.1, 0.15) is 27.7 Å². The molecule has 0 atom stereocenters. The summed E-state index contributed by atoms with van der Waals surface area (Å²) in [4.78, 5) is 4.82. The van der Waals surface area contributed by atoms with Gasteiger partial charge in [0.2, 0.25) is 0 Å². The number of aryl methyl sites for hydroxylation is 1. The first-order valence-electron chi connectivity index (χ1n) is 9.19. The number of fused-ring (bicyclic) bond motifs is 1. The number of para-hydroxylation sites is 2. The number of rotatable bonds is 3. The molecule has 1 aromatic heterocycles. The third-order valence-corrected chi connectivity index (χ3v) is 5.78. The maximum absolute atomic E-state index is 6.21. The fraction of sp³-hybridized carbons (Fsp3) is 0.381. The lowest BCUT2D eigenvalue weighted by molar-refractivity contribution is 0.00578. The summed E-state index contributed by atoms with van der Waals surface area (Å²) in [5, 5.41) is 0. The number of ether oxygens (including phenoxy) is 1. The van der Waals surface area contributed by atoms with Gasteiger partial charge in [-0.05, 0) is 57.4 Å². The minimum atomic E-state index is -0.422. The van der Waals surface area contributed by atoms with Crippen LogP contribution in [0, 0.1) is 0 Å². The Morgan fingerprint density at radius 3 is 2.30 bits per heavy atom. The molecule has 140 valence electrons. The van der Waals surface area contributed by atoms with E-state index >= 15 is 0 Å². The van der Waals surface area contributed by atoms with E-state index < -0.39 is 7.12 Å². The van der Waals surface area contributed by atoms with Gasteiger partial charge in [-0.15, -0.1) is 0 Å². The standard InChI is InChI=1S/C21H25BN2O3/c1-20(2)21(3,4)27-22(26-20)14-11-12-18(25-6)15(13-14)19-23-16-9-7-8-10-17(16)24(19)5/h7-13H,1-6H3. The molecule has 0 N–H and O–H groups in total. The van der Waals surface area contributed by atoms with Crippen LogP contribution in [0.4, 0.5) is 0 Å². The summed E-state index contributed by atoms with van der Waals surface area (Å²) >= 11 is 0. The van der Waals surface area contributed by atoms with Gasteiger partial charge >= 0.3 is 7.12 Å². The molecule has 0 unspecified atom stereocenters. The lowest BCUT2D eigenvalue weighted by Crippen LogP contribution is -2.41. The molecule has 0 radical (unpaired) electrons. The van der Waals surface area contributed by atoms with Gasteiger partial charge in [-0.3, -0.25) is 0 Å². The van der Waals surface area contributed by atoms with Crippen molar-refractivity contribution in [3.63, 3.8) is 0 Å². The van der Waals surface area contributed by atoms with E-state index in [9.17, 15) is 0 Å².